The SMILES string of the molecule is CCOc1cc(C)c(-c2nc3ccccc3c(=O)n2N=Cc2cc(OC)c(OCC(=O)Nc3ccc(C)cc3)c([N+](=O)[O-])c2)cc1C(C)C. The molecule has 0 radical (unpaired) electrons. The van der Waals surface area contributed by atoms with Crippen molar-refractivity contribution in [3.8, 4) is 28.6 Å². The molecule has 0 saturated carbocycles. The molecule has 5 rings (SSSR count). The van der Waals surface area contributed by atoms with Crippen LogP contribution in [0, 0.1) is 24.0 Å². The van der Waals surface area contributed by atoms with Crippen molar-refractivity contribution in [2.75, 3.05) is 25.6 Å². The summed E-state index contributed by atoms with van der Waals surface area (Å²) in [7, 11) is 1.33. The second-order valence-corrected chi connectivity index (χ2v) is 11.6. The van der Waals surface area contributed by atoms with Gasteiger partial charge in [-0.05, 0) is 80.3 Å². The molecule has 1 N–H and O–H groups in total. The van der Waals surface area contributed by atoms with Crippen LogP contribution in [0.2, 0.25) is 0 Å². The van der Waals surface area contributed by atoms with E-state index in [0.717, 1.165) is 22.4 Å². The molecule has 0 aliphatic heterocycles. The normalized spacial score (nSPS) is 11.2. The van der Waals surface area contributed by atoms with E-state index in [1.165, 1.54) is 30.1 Å². The molecule has 1 amide bonds. The Morgan fingerprint density at radius 1 is 1.04 bits per heavy atom. The van der Waals surface area contributed by atoms with Crippen LogP contribution in [0.4, 0.5) is 11.4 Å². The van der Waals surface area contributed by atoms with Gasteiger partial charge >= 0.3 is 5.69 Å². The molecular formula is C37H37N5O7. The van der Waals surface area contributed by atoms with Gasteiger partial charge in [-0.15, -0.1) is 0 Å². The van der Waals surface area contributed by atoms with Gasteiger partial charge in [-0.1, -0.05) is 43.7 Å². The number of carbonyl (C=O) groups is 1. The fraction of sp³-hybridized carbons (Fsp3) is 0.243. The van der Waals surface area contributed by atoms with Gasteiger partial charge in [0, 0.05) is 22.9 Å². The predicted octanol–water partition coefficient (Wildman–Crippen LogP) is 7.02. The molecule has 0 unspecified atom stereocenters. The second-order valence-electron chi connectivity index (χ2n) is 11.6. The van der Waals surface area contributed by atoms with Gasteiger partial charge in [-0.2, -0.15) is 9.78 Å². The molecular weight excluding hydrogens is 626 g/mol. The lowest BCUT2D eigenvalue weighted by Gasteiger charge is -2.18. The molecule has 1 aromatic heterocycles. The second kappa shape index (κ2) is 14.8. The highest BCUT2D eigenvalue weighted by Crippen LogP contribution is 2.38. The molecule has 0 spiro atoms. The molecule has 0 atom stereocenters. The summed E-state index contributed by atoms with van der Waals surface area (Å²) in [4.78, 5) is 42.8. The zero-order valence-corrected chi connectivity index (χ0v) is 28.1. The first-order valence-corrected chi connectivity index (χ1v) is 15.7. The van der Waals surface area contributed by atoms with Crippen molar-refractivity contribution < 1.29 is 23.9 Å². The number of hydrogen-bond donors (Lipinski definition) is 1. The number of nitro benzene ring substituents is 1. The summed E-state index contributed by atoms with van der Waals surface area (Å²) in [6.45, 7) is 9.87. The third-order valence-electron chi connectivity index (χ3n) is 7.75. The van der Waals surface area contributed by atoms with Crippen LogP contribution in [0.5, 0.6) is 17.2 Å². The number of anilines is 1. The van der Waals surface area contributed by atoms with Gasteiger partial charge in [0.2, 0.25) is 5.75 Å². The molecule has 12 nitrogen and oxygen atoms in total. The van der Waals surface area contributed by atoms with Crippen molar-refractivity contribution in [2.24, 2.45) is 5.10 Å². The lowest BCUT2D eigenvalue weighted by atomic mass is 9.96. The fourth-order valence-corrected chi connectivity index (χ4v) is 5.29. The highest BCUT2D eigenvalue weighted by atomic mass is 16.6. The van der Waals surface area contributed by atoms with E-state index >= 15 is 0 Å². The van der Waals surface area contributed by atoms with Gasteiger partial charge in [0.05, 0.1) is 35.8 Å². The van der Waals surface area contributed by atoms with Gasteiger partial charge in [0.15, 0.2) is 18.2 Å². The molecule has 5 aromatic rings. The summed E-state index contributed by atoms with van der Waals surface area (Å²) in [6, 6.07) is 20.7. The third kappa shape index (κ3) is 7.59. The van der Waals surface area contributed by atoms with Gasteiger partial charge in [-0.3, -0.25) is 19.7 Å². The Labute approximate surface area is 283 Å². The van der Waals surface area contributed by atoms with Crippen LogP contribution in [-0.4, -0.2) is 47.0 Å². The van der Waals surface area contributed by atoms with Crippen LogP contribution >= 0.6 is 0 Å². The highest BCUT2D eigenvalue weighted by molar-refractivity contribution is 5.92. The first-order valence-electron chi connectivity index (χ1n) is 15.7. The summed E-state index contributed by atoms with van der Waals surface area (Å²) < 4.78 is 18.1. The van der Waals surface area contributed by atoms with E-state index in [0.29, 0.717) is 34.6 Å². The molecule has 0 aliphatic rings. The van der Waals surface area contributed by atoms with E-state index < -0.39 is 28.7 Å². The number of fused-ring (bicyclic) bond motifs is 1. The Morgan fingerprint density at radius 3 is 2.45 bits per heavy atom. The zero-order chi connectivity index (χ0) is 35.2. The number of nitrogens with one attached hydrogen (secondary N) is 1. The predicted molar refractivity (Wildman–Crippen MR) is 189 cm³/mol. The van der Waals surface area contributed by atoms with Crippen molar-refractivity contribution >= 4 is 34.4 Å². The monoisotopic (exact) mass is 663 g/mol. The van der Waals surface area contributed by atoms with Crippen LogP contribution in [0.1, 0.15) is 48.9 Å². The van der Waals surface area contributed by atoms with E-state index in [1.54, 1.807) is 36.4 Å². The van der Waals surface area contributed by atoms with E-state index in [4.69, 9.17) is 19.2 Å². The summed E-state index contributed by atoms with van der Waals surface area (Å²) >= 11 is 0. The Balaban J connectivity index is 1.55. The minimum absolute atomic E-state index is 0.00641. The largest absolute Gasteiger partial charge is 0.494 e. The van der Waals surface area contributed by atoms with E-state index in [9.17, 15) is 19.7 Å². The number of aromatic nitrogens is 2. The van der Waals surface area contributed by atoms with Crippen molar-refractivity contribution in [3.05, 3.63) is 116 Å². The van der Waals surface area contributed by atoms with E-state index in [-0.39, 0.29) is 23.0 Å². The maximum absolute atomic E-state index is 13.9. The van der Waals surface area contributed by atoms with Crippen LogP contribution < -0.4 is 25.1 Å². The van der Waals surface area contributed by atoms with Crippen molar-refractivity contribution in [1.29, 1.82) is 0 Å². The number of methoxy groups -OCH3 is 1. The maximum Gasteiger partial charge on any atom is 0.315 e. The number of ether oxygens (including phenoxy) is 3. The molecule has 0 bridgehead atoms. The van der Waals surface area contributed by atoms with Crippen LogP contribution in [0.25, 0.3) is 22.3 Å². The number of carbonyl (C=O) groups excluding carboxylic acids is 1. The Bertz CT molecular complexity index is 2120. The summed E-state index contributed by atoms with van der Waals surface area (Å²) in [5, 5.41) is 19.7. The number of para-hydroxylation sites is 1. The highest BCUT2D eigenvalue weighted by Gasteiger charge is 2.24. The van der Waals surface area contributed by atoms with Gasteiger partial charge < -0.3 is 19.5 Å². The topological polar surface area (TPSA) is 147 Å². The average molecular weight is 664 g/mol. The summed E-state index contributed by atoms with van der Waals surface area (Å²) in [5.41, 5.74) is 3.93. The smallest absolute Gasteiger partial charge is 0.315 e. The number of benzene rings is 4. The molecule has 0 fully saturated rings. The van der Waals surface area contributed by atoms with Gasteiger partial charge in [-0.25, -0.2) is 4.98 Å². The molecule has 1 heterocycles. The quantitative estimate of drug-likeness (QED) is 0.0851. The van der Waals surface area contributed by atoms with Crippen molar-refractivity contribution in [1.82, 2.24) is 9.66 Å². The van der Waals surface area contributed by atoms with Crippen LogP contribution in [0.15, 0.2) is 82.7 Å². The number of amides is 1. The molecule has 0 aliphatic carbocycles. The standard InChI is InChI=1S/C37H37N5O7/c1-7-48-32-16-24(5)29(19-28(32)22(2)3)36-40-30-11-9-8-10-27(30)37(44)41(36)38-20-25-17-31(42(45)46)35(33(18-25)47-6)49-21-34(43)39-26-14-12-23(4)13-15-26/h8-20,22H,7,21H2,1-6H3,(H,39,43). The molecule has 4 aromatic carbocycles. The van der Waals surface area contributed by atoms with Gasteiger partial charge in [0.25, 0.3) is 11.5 Å². The Morgan fingerprint density at radius 2 is 1.78 bits per heavy atom. The number of nitrogens with zero attached hydrogens (tertiary/aromatic N) is 4. The van der Waals surface area contributed by atoms with Crippen LogP contribution in [-0.2, 0) is 4.79 Å². The lowest BCUT2D eigenvalue weighted by Crippen LogP contribution is -2.21. The number of rotatable bonds is 12. The third-order valence-corrected chi connectivity index (χ3v) is 7.75. The number of aryl methyl sites for hydroxylation is 2. The minimum atomic E-state index is -0.640. The van der Waals surface area contributed by atoms with E-state index in [1.807, 2.05) is 45.0 Å². The van der Waals surface area contributed by atoms with E-state index in [2.05, 4.69) is 24.3 Å². The first kappa shape index (κ1) is 34.3. The van der Waals surface area contributed by atoms with Crippen molar-refractivity contribution in [3.63, 3.8) is 0 Å². The van der Waals surface area contributed by atoms with Crippen LogP contribution in [0.3, 0.4) is 0 Å². The van der Waals surface area contributed by atoms with Gasteiger partial charge in [0.1, 0.15) is 5.75 Å². The average Bonchev–Trinajstić information content (AvgIpc) is 3.07. The molecule has 252 valence electrons. The molecule has 12 heteroatoms. The molecule has 49 heavy (non-hydrogen) atoms. The maximum atomic E-state index is 13.9. The number of nitro groups is 1. The lowest BCUT2D eigenvalue weighted by molar-refractivity contribution is -0.385. The Kier molecular flexibility index (Phi) is 10.4. The van der Waals surface area contributed by atoms with Crippen molar-refractivity contribution in [2.45, 2.75) is 40.5 Å². The summed E-state index contributed by atoms with van der Waals surface area (Å²) in [5.74, 6) is 0.445. The minimum Gasteiger partial charge on any atom is -0.494 e. The molecule has 0 saturated heterocycles. The fourth-order valence-electron chi connectivity index (χ4n) is 5.29. The first-order chi connectivity index (χ1) is 23.5. The Hall–Kier alpha value is -6.04. The zero-order valence-electron chi connectivity index (χ0n) is 28.1. The summed E-state index contributed by atoms with van der Waals surface area (Å²) in [6.07, 6.45) is 1.32. The number of hydrogen-bond acceptors (Lipinski definition) is 9.